The van der Waals surface area contributed by atoms with Crippen LogP contribution in [0.25, 0.3) is 0 Å². The van der Waals surface area contributed by atoms with Crippen LogP contribution in [-0.2, 0) is 6.42 Å². The van der Waals surface area contributed by atoms with Crippen LogP contribution in [0.5, 0.6) is 0 Å². The molecule has 1 heteroatoms. The van der Waals surface area contributed by atoms with Gasteiger partial charge in [0.1, 0.15) is 5.82 Å². The Kier molecular flexibility index (Phi) is 9.00. The second kappa shape index (κ2) is 10.5. The highest BCUT2D eigenvalue weighted by molar-refractivity contribution is 5.22. The van der Waals surface area contributed by atoms with Gasteiger partial charge in [-0.05, 0) is 29.5 Å². The first-order chi connectivity index (χ1) is 10.9. The van der Waals surface area contributed by atoms with Gasteiger partial charge in [0.05, 0.1) is 0 Å². The van der Waals surface area contributed by atoms with Crippen molar-refractivity contribution in [2.75, 3.05) is 0 Å². The highest BCUT2D eigenvalue weighted by Gasteiger charge is 2.21. The number of unbranched alkanes of at least 4 members (excludes halogenated alkanes) is 5. The predicted molar refractivity (Wildman–Crippen MR) is 98.8 cm³/mol. The van der Waals surface area contributed by atoms with E-state index < -0.39 is 0 Å². The van der Waals surface area contributed by atoms with E-state index in [1.165, 1.54) is 57.1 Å². The molecular weight excluding hydrogens is 283 g/mol. The SMILES string of the molecule is CCCCCCCCC(C#CCc1ccc(F)cc1)C(C)(C)C. The van der Waals surface area contributed by atoms with Crippen molar-refractivity contribution in [2.24, 2.45) is 11.3 Å². The standard InChI is InChI=1S/C22H33F/c1-5-6-7-8-9-10-13-20(22(2,3)4)14-11-12-19-15-17-21(23)18-16-19/h15-18,20H,5-10,12-13H2,1-4H3. The van der Waals surface area contributed by atoms with Crippen LogP contribution >= 0.6 is 0 Å². The summed E-state index contributed by atoms with van der Waals surface area (Å²) in [7, 11) is 0. The molecule has 0 spiro atoms. The van der Waals surface area contributed by atoms with E-state index in [1.54, 1.807) is 0 Å². The maximum Gasteiger partial charge on any atom is 0.123 e. The smallest absolute Gasteiger partial charge is 0.123 e. The van der Waals surface area contributed by atoms with Gasteiger partial charge in [-0.3, -0.25) is 0 Å². The molecular formula is C22H33F. The van der Waals surface area contributed by atoms with Crippen molar-refractivity contribution in [1.82, 2.24) is 0 Å². The van der Waals surface area contributed by atoms with E-state index in [9.17, 15) is 4.39 Å². The molecule has 0 aliphatic heterocycles. The maximum atomic E-state index is 12.9. The van der Waals surface area contributed by atoms with E-state index in [4.69, 9.17) is 0 Å². The molecule has 0 amide bonds. The number of benzene rings is 1. The average Bonchev–Trinajstić information content (AvgIpc) is 2.49. The monoisotopic (exact) mass is 316 g/mol. The molecule has 1 aromatic carbocycles. The molecule has 1 rings (SSSR count). The van der Waals surface area contributed by atoms with Crippen LogP contribution in [0.15, 0.2) is 24.3 Å². The van der Waals surface area contributed by atoms with E-state index in [2.05, 4.69) is 39.5 Å². The van der Waals surface area contributed by atoms with Gasteiger partial charge in [0.25, 0.3) is 0 Å². The summed E-state index contributed by atoms with van der Waals surface area (Å²) in [6.07, 6.45) is 9.89. The second-order valence-electron chi connectivity index (χ2n) is 7.60. The molecule has 0 N–H and O–H groups in total. The minimum absolute atomic E-state index is 0.183. The van der Waals surface area contributed by atoms with Crippen molar-refractivity contribution >= 4 is 0 Å². The second-order valence-corrected chi connectivity index (χ2v) is 7.60. The molecule has 0 aliphatic carbocycles. The fraction of sp³-hybridized carbons (Fsp3) is 0.636. The summed E-state index contributed by atoms with van der Waals surface area (Å²) >= 11 is 0. The van der Waals surface area contributed by atoms with Crippen LogP contribution in [0.2, 0.25) is 0 Å². The third-order valence-electron chi connectivity index (χ3n) is 4.37. The molecule has 0 heterocycles. The molecule has 1 unspecified atom stereocenters. The molecule has 1 atom stereocenters. The Morgan fingerprint density at radius 1 is 0.957 bits per heavy atom. The van der Waals surface area contributed by atoms with Gasteiger partial charge in [-0.25, -0.2) is 4.39 Å². The van der Waals surface area contributed by atoms with E-state index >= 15 is 0 Å². The third kappa shape index (κ3) is 8.80. The summed E-state index contributed by atoms with van der Waals surface area (Å²) < 4.78 is 12.9. The first kappa shape index (κ1) is 19.8. The van der Waals surface area contributed by atoms with Crippen molar-refractivity contribution in [3.05, 3.63) is 35.6 Å². The number of halogens is 1. The lowest BCUT2D eigenvalue weighted by molar-refractivity contribution is 0.281. The molecule has 0 radical (unpaired) electrons. The molecule has 0 saturated heterocycles. The number of hydrogen-bond acceptors (Lipinski definition) is 0. The summed E-state index contributed by atoms with van der Waals surface area (Å²) in [5.41, 5.74) is 1.31. The Bertz CT molecular complexity index is 481. The third-order valence-corrected chi connectivity index (χ3v) is 4.37. The van der Waals surface area contributed by atoms with Gasteiger partial charge < -0.3 is 0 Å². The van der Waals surface area contributed by atoms with Crippen molar-refractivity contribution < 1.29 is 4.39 Å². The quantitative estimate of drug-likeness (QED) is 0.366. The minimum atomic E-state index is -0.183. The van der Waals surface area contributed by atoms with Gasteiger partial charge in [-0.15, -0.1) is 0 Å². The fourth-order valence-corrected chi connectivity index (χ4v) is 2.73. The first-order valence-corrected chi connectivity index (χ1v) is 9.16. The Hall–Kier alpha value is -1.29. The van der Waals surface area contributed by atoms with Crippen LogP contribution in [0, 0.1) is 29.0 Å². The average molecular weight is 317 g/mol. The van der Waals surface area contributed by atoms with Gasteiger partial charge in [0, 0.05) is 12.3 Å². The lowest BCUT2D eigenvalue weighted by atomic mass is 9.78. The number of rotatable bonds is 8. The molecule has 1 aromatic rings. The topological polar surface area (TPSA) is 0 Å². The van der Waals surface area contributed by atoms with Crippen molar-refractivity contribution in [1.29, 1.82) is 0 Å². The van der Waals surface area contributed by atoms with Crippen LogP contribution in [0.3, 0.4) is 0 Å². The summed E-state index contributed by atoms with van der Waals surface area (Å²) in [5.74, 6) is 7.05. The lowest BCUT2D eigenvalue weighted by Gasteiger charge is -2.26. The highest BCUT2D eigenvalue weighted by atomic mass is 19.1. The lowest BCUT2D eigenvalue weighted by Crippen LogP contribution is -2.19. The highest BCUT2D eigenvalue weighted by Crippen LogP contribution is 2.30. The van der Waals surface area contributed by atoms with E-state index in [0.717, 1.165) is 5.56 Å². The summed E-state index contributed by atoms with van der Waals surface area (Å²) in [6, 6.07) is 6.66. The molecule has 0 nitrogen and oxygen atoms in total. The molecule has 0 aliphatic rings. The normalized spacial score (nSPS) is 12.6. The number of hydrogen-bond donors (Lipinski definition) is 0. The van der Waals surface area contributed by atoms with E-state index in [0.29, 0.717) is 12.3 Å². The zero-order chi connectivity index (χ0) is 17.1. The molecule has 0 saturated carbocycles. The van der Waals surface area contributed by atoms with Gasteiger partial charge in [-0.2, -0.15) is 0 Å². The zero-order valence-corrected chi connectivity index (χ0v) is 15.4. The summed E-state index contributed by atoms with van der Waals surface area (Å²) in [6.45, 7) is 9.09. The predicted octanol–water partition coefficient (Wildman–Crippen LogP) is 6.78. The van der Waals surface area contributed by atoms with Crippen LogP contribution in [0.4, 0.5) is 4.39 Å². The molecule has 128 valence electrons. The minimum Gasteiger partial charge on any atom is -0.207 e. The summed E-state index contributed by atoms with van der Waals surface area (Å²) in [4.78, 5) is 0. The Balaban J connectivity index is 2.45. The Morgan fingerprint density at radius 3 is 2.17 bits per heavy atom. The molecule has 0 aromatic heterocycles. The molecule has 0 bridgehead atoms. The van der Waals surface area contributed by atoms with Crippen LogP contribution < -0.4 is 0 Å². The largest absolute Gasteiger partial charge is 0.207 e. The van der Waals surface area contributed by atoms with Crippen LogP contribution in [0.1, 0.15) is 78.2 Å². The van der Waals surface area contributed by atoms with Crippen molar-refractivity contribution in [3.63, 3.8) is 0 Å². The first-order valence-electron chi connectivity index (χ1n) is 9.16. The zero-order valence-electron chi connectivity index (χ0n) is 15.4. The maximum absolute atomic E-state index is 12.9. The Labute approximate surface area is 142 Å². The van der Waals surface area contributed by atoms with Crippen LogP contribution in [-0.4, -0.2) is 0 Å². The van der Waals surface area contributed by atoms with Gasteiger partial charge >= 0.3 is 0 Å². The molecule has 0 fully saturated rings. The van der Waals surface area contributed by atoms with Crippen molar-refractivity contribution in [3.8, 4) is 11.8 Å². The van der Waals surface area contributed by atoms with E-state index in [1.807, 2.05) is 12.1 Å². The summed E-state index contributed by atoms with van der Waals surface area (Å²) in [5, 5.41) is 0. The fourth-order valence-electron chi connectivity index (χ4n) is 2.73. The van der Waals surface area contributed by atoms with Gasteiger partial charge in [0.15, 0.2) is 0 Å². The Morgan fingerprint density at radius 2 is 1.57 bits per heavy atom. The van der Waals surface area contributed by atoms with Crippen molar-refractivity contribution in [2.45, 2.75) is 79.1 Å². The van der Waals surface area contributed by atoms with E-state index in [-0.39, 0.29) is 11.2 Å². The van der Waals surface area contributed by atoms with Gasteiger partial charge in [-0.1, -0.05) is 90.2 Å². The molecule has 23 heavy (non-hydrogen) atoms. The van der Waals surface area contributed by atoms with Gasteiger partial charge in [0.2, 0.25) is 0 Å².